The fraction of sp³-hybridized carbons (Fsp3) is 1.00. The third-order valence-corrected chi connectivity index (χ3v) is 12.9. The Morgan fingerprint density at radius 2 is 0.704 bits per heavy atom. The molecule has 0 aromatic heterocycles. The van der Waals surface area contributed by atoms with E-state index in [2.05, 4.69) is 0 Å². The zero-order valence-electron chi connectivity index (χ0n) is 40.7. The van der Waals surface area contributed by atoms with Crippen LogP contribution in [0.1, 0.15) is 67.2 Å². The van der Waals surface area contributed by atoms with Crippen molar-refractivity contribution in [1.82, 2.24) is 0 Å². The molecule has 6 rings (SSSR count). The van der Waals surface area contributed by atoms with Crippen LogP contribution in [-0.2, 0) is 61.6 Å². The van der Waals surface area contributed by atoms with Crippen LogP contribution < -0.4 is 0 Å². The van der Waals surface area contributed by atoms with Crippen LogP contribution in [0, 0.1) is 0 Å². The van der Waals surface area contributed by atoms with Gasteiger partial charge in [0.05, 0.1) is 75.3 Å². The normalized spacial score (nSPS) is 47.3. The first-order valence-corrected chi connectivity index (χ1v) is 24.1. The van der Waals surface area contributed by atoms with Gasteiger partial charge in [-0.3, -0.25) is 0 Å². The Balaban J connectivity index is 1.11. The van der Waals surface area contributed by atoms with E-state index in [9.17, 15) is 71.5 Å². The van der Waals surface area contributed by atoms with E-state index in [1.807, 2.05) is 0 Å². The number of hydrogen-bond donors (Lipinski definition) is 14. The van der Waals surface area contributed by atoms with E-state index < -0.39 is 211 Å². The molecule has 0 amide bonds. The lowest BCUT2D eigenvalue weighted by atomic mass is 9.96. The highest BCUT2D eigenvalue weighted by Gasteiger charge is 2.54. The number of hydrogen-bond acceptors (Lipinski definition) is 27. The SMILES string of the molecule is CC(C)(C)OC1C(O)CC(OC2C(O)CC(OC3C(O)CC(OCC4OC(OC5C(CO)OC(O)C(O)C5O)C(O)C(O)C4OC4CC(O)C(OC(C)(C)C)C(CO)O4)OC3CO)OC2CO)OC1CO. The second-order valence-corrected chi connectivity index (χ2v) is 20.7. The molecule has 6 aliphatic heterocycles. The fourth-order valence-corrected chi connectivity index (χ4v) is 9.51. The number of aliphatic hydroxyl groups excluding tert-OH is 14. The molecular weight excluding hydrogens is 960 g/mol. The summed E-state index contributed by atoms with van der Waals surface area (Å²) in [6.07, 6.45) is -37.6. The Kier molecular flexibility index (Phi) is 21.2. The predicted octanol–water partition coefficient (Wildman–Crippen LogP) is -6.34. The van der Waals surface area contributed by atoms with Crippen molar-refractivity contribution in [3.05, 3.63) is 0 Å². The van der Waals surface area contributed by atoms with Crippen LogP contribution in [0.5, 0.6) is 0 Å². The van der Waals surface area contributed by atoms with Gasteiger partial charge in [-0.15, -0.1) is 0 Å². The summed E-state index contributed by atoms with van der Waals surface area (Å²) < 4.78 is 76.7. The molecule has 0 spiro atoms. The second kappa shape index (κ2) is 25.4. The van der Waals surface area contributed by atoms with Gasteiger partial charge in [0, 0.05) is 25.7 Å². The van der Waals surface area contributed by atoms with Gasteiger partial charge in [0.1, 0.15) is 97.7 Å². The lowest BCUT2D eigenvalue weighted by molar-refractivity contribution is -0.376. The standard InChI is InChI=1S/C44H78O27/c1-43(2,3)70-37-19(52)9-29(62-23(37)13-47)67-36-18(51)8-28(61-22(36)12-46)66-35-17(50)7-27(60-21(35)11-45)59-16-26-40(68-30-10-20(53)38(24(14-48)63-30)71-44(4,5)6)32(55)34(57)42(65-26)69-39-25(15-49)64-41(58)33(56)31(39)54/h17-42,45-58H,7-16H2,1-6H3. The summed E-state index contributed by atoms with van der Waals surface area (Å²) in [5.74, 6) is 0. The van der Waals surface area contributed by atoms with Crippen LogP contribution in [0.25, 0.3) is 0 Å². The Hall–Kier alpha value is -1.08. The van der Waals surface area contributed by atoms with Crippen molar-refractivity contribution in [2.45, 2.75) is 238 Å². The van der Waals surface area contributed by atoms with Gasteiger partial charge in [-0.1, -0.05) is 0 Å². The summed E-state index contributed by atoms with van der Waals surface area (Å²) in [4.78, 5) is 0. The molecule has 0 bridgehead atoms. The van der Waals surface area contributed by atoms with E-state index >= 15 is 0 Å². The highest BCUT2D eigenvalue weighted by atomic mass is 16.8. The molecule has 6 fully saturated rings. The smallest absolute Gasteiger partial charge is 0.187 e. The summed E-state index contributed by atoms with van der Waals surface area (Å²) >= 11 is 0. The molecule has 26 atom stereocenters. The maximum atomic E-state index is 11.6. The quantitative estimate of drug-likeness (QED) is 0.0607. The van der Waals surface area contributed by atoms with Crippen LogP contribution in [0.2, 0.25) is 0 Å². The van der Waals surface area contributed by atoms with Crippen molar-refractivity contribution in [1.29, 1.82) is 0 Å². The third-order valence-electron chi connectivity index (χ3n) is 12.9. The average Bonchev–Trinajstić information content (AvgIpc) is 3.30. The average molecular weight is 1040 g/mol. The maximum Gasteiger partial charge on any atom is 0.187 e. The van der Waals surface area contributed by atoms with E-state index in [0.717, 1.165) is 0 Å². The van der Waals surface area contributed by atoms with Crippen molar-refractivity contribution < 1.29 is 133 Å². The van der Waals surface area contributed by atoms with Gasteiger partial charge in [0.2, 0.25) is 0 Å². The number of rotatable bonds is 18. The van der Waals surface area contributed by atoms with Crippen molar-refractivity contribution in [2.24, 2.45) is 0 Å². The van der Waals surface area contributed by atoms with E-state index in [-0.39, 0.29) is 25.7 Å². The Morgan fingerprint density at radius 3 is 1.13 bits per heavy atom. The summed E-state index contributed by atoms with van der Waals surface area (Å²) in [5, 5.41) is 149. The largest absolute Gasteiger partial charge is 0.394 e. The fourth-order valence-electron chi connectivity index (χ4n) is 9.51. The lowest BCUT2D eigenvalue weighted by Crippen LogP contribution is -2.65. The minimum Gasteiger partial charge on any atom is -0.394 e. The molecule has 27 heteroatoms. The van der Waals surface area contributed by atoms with Gasteiger partial charge < -0.3 is 133 Å². The van der Waals surface area contributed by atoms with Gasteiger partial charge >= 0.3 is 0 Å². The first-order chi connectivity index (χ1) is 33.4. The van der Waals surface area contributed by atoms with Gasteiger partial charge in [0.15, 0.2) is 37.7 Å². The molecule has 6 aliphatic rings. The molecule has 0 aromatic carbocycles. The van der Waals surface area contributed by atoms with Crippen molar-refractivity contribution in [3.63, 3.8) is 0 Å². The van der Waals surface area contributed by atoms with Crippen molar-refractivity contribution in [3.8, 4) is 0 Å². The Labute approximate surface area is 410 Å². The first-order valence-electron chi connectivity index (χ1n) is 24.1. The van der Waals surface area contributed by atoms with Gasteiger partial charge in [-0.05, 0) is 41.5 Å². The Morgan fingerprint density at radius 1 is 0.366 bits per heavy atom. The number of aliphatic hydroxyl groups is 14. The topological polar surface area (TPSA) is 403 Å². The molecule has 0 radical (unpaired) electrons. The van der Waals surface area contributed by atoms with E-state index in [4.69, 9.17) is 61.6 Å². The second-order valence-electron chi connectivity index (χ2n) is 20.7. The van der Waals surface area contributed by atoms with Gasteiger partial charge in [-0.2, -0.15) is 0 Å². The minimum atomic E-state index is -1.98. The van der Waals surface area contributed by atoms with Gasteiger partial charge in [-0.25, -0.2) is 0 Å². The molecule has 6 saturated heterocycles. The lowest BCUT2D eigenvalue weighted by Gasteiger charge is -2.48. The minimum absolute atomic E-state index is 0.0942. The molecule has 14 N–H and O–H groups in total. The van der Waals surface area contributed by atoms with Crippen LogP contribution in [-0.4, -0.2) is 282 Å². The monoisotopic (exact) mass is 1040 g/mol. The molecule has 0 saturated carbocycles. The predicted molar refractivity (Wildman–Crippen MR) is 231 cm³/mol. The van der Waals surface area contributed by atoms with Crippen molar-refractivity contribution >= 4 is 0 Å². The summed E-state index contributed by atoms with van der Waals surface area (Å²) in [6, 6.07) is 0. The molecule has 0 aliphatic carbocycles. The zero-order chi connectivity index (χ0) is 52.3. The molecule has 26 unspecified atom stereocenters. The van der Waals surface area contributed by atoms with Crippen LogP contribution in [0.15, 0.2) is 0 Å². The van der Waals surface area contributed by atoms with Crippen molar-refractivity contribution in [2.75, 3.05) is 39.6 Å². The maximum absolute atomic E-state index is 11.6. The molecule has 27 nitrogen and oxygen atoms in total. The molecular formula is C44H78O27. The van der Waals surface area contributed by atoms with E-state index in [1.165, 1.54) is 0 Å². The summed E-state index contributed by atoms with van der Waals surface area (Å²) in [5.41, 5.74) is -1.41. The zero-order valence-corrected chi connectivity index (χ0v) is 40.7. The van der Waals surface area contributed by atoms with E-state index in [0.29, 0.717) is 0 Å². The van der Waals surface area contributed by atoms with Crippen LogP contribution in [0.3, 0.4) is 0 Å². The van der Waals surface area contributed by atoms with E-state index in [1.54, 1.807) is 41.5 Å². The summed E-state index contributed by atoms with van der Waals surface area (Å²) in [6.45, 7) is 6.67. The molecule has 6 heterocycles. The van der Waals surface area contributed by atoms with Gasteiger partial charge in [0.25, 0.3) is 0 Å². The third kappa shape index (κ3) is 14.9. The highest BCUT2D eigenvalue weighted by Crippen LogP contribution is 2.36. The summed E-state index contributed by atoms with van der Waals surface area (Å²) in [7, 11) is 0. The van der Waals surface area contributed by atoms with Crippen LogP contribution in [0.4, 0.5) is 0 Å². The number of ether oxygens (including phenoxy) is 13. The highest BCUT2D eigenvalue weighted by molar-refractivity contribution is 4.97. The molecule has 0 aromatic rings. The Bertz CT molecular complexity index is 1590. The first kappa shape index (κ1) is 59.2. The molecule has 71 heavy (non-hydrogen) atoms. The molecule has 416 valence electrons. The van der Waals surface area contributed by atoms with Crippen LogP contribution >= 0.6 is 0 Å².